The fourth-order valence-electron chi connectivity index (χ4n) is 4.46. The van der Waals surface area contributed by atoms with Crippen molar-refractivity contribution in [3.8, 4) is 0 Å². The van der Waals surface area contributed by atoms with E-state index in [4.69, 9.17) is 0 Å². The lowest BCUT2D eigenvalue weighted by Crippen LogP contribution is -2.49. The maximum Gasteiger partial charge on any atom is 0.329 e. The van der Waals surface area contributed by atoms with E-state index in [0.717, 1.165) is 36.1 Å². The highest BCUT2D eigenvalue weighted by Crippen LogP contribution is 2.25. The van der Waals surface area contributed by atoms with Crippen molar-refractivity contribution >= 4 is 16.9 Å². The van der Waals surface area contributed by atoms with E-state index in [0.29, 0.717) is 26.1 Å². The standard InChI is InChI=1S/C24H30N4O2/c1-3-14-27-20-11-7-8-12-21(20)28(24(27)30)15-13-23(29)26-17-16-25(2)18-22(26)19-9-5-4-6-10-19/h4-12,22H,3,13-18H2,1-2H3. The van der Waals surface area contributed by atoms with E-state index < -0.39 is 0 Å². The summed E-state index contributed by atoms with van der Waals surface area (Å²) < 4.78 is 3.58. The molecule has 1 aliphatic rings. The quantitative estimate of drug-likeness (QED) is 0.632. The molecule has 158 valence electrons. The van der Waals surface area contributed by atoms with Crippen molar-refractivity contribution in [1.82, 2.24) is 18.9 Å². The molecule has 1 unspecified atom stereocenters. The van der Waals surface area contributed by atoms with E-state index in [9.17, 15) is 9.59 Å². The van der Waals surface area contributed by atoms with Crippen LogP contribution in [0, 0.1) is 0 Å². The first-order valence-electron chi connectivity index (χ1n) is 10.8. The molecule has 0 radical (unpaired) electrons. The number of likely N-dealkylation sites (N-methyl/N-ethyl adjacent to an activating group) is 1. The normalized spacial score (nSPS) is 17.5. The summed E-state index contributed by atoms with van der Waals surface area (Å²) in [6, 6.07) is 18.1. The molecule has 1 saturated heterocycles. The molecule has 0 aliphatic carbocycles. The van der Waals surface area contributed by atoms with E-state index in [-0.39, 0.29) is 17.6 Å². The minimum absolute atomic E-state index is 0.0242. The van der Waals surface area contributed by atoms with E-state index in [2.05, 4.69) is 31.0 Å². The van der Waals surface area contributed by atoms with Gasteiger partial charge >= 0.3 is 5.69 Å². The molecule has 2 aromatic carbocycles. The van der Waals surface area contributed by atoms with Gasteiger partial charge in [-0.25, -0.2) is 4.79 Å². The van der Waals surface area contributed by atoms with Crippen molar-refractivity contribution in [2.75, 3.05) is 26.7 Å². The Balaban J connectivity index is 1.56. The smallest absolute Gasteiger partial charge is 0.329 e. The summed E-state index contributed by atoms with van der Waals surface area (Å²) in [5.74, 6) is 0.108. The summed E-state index contributed by atoms with van der Waals surface area (Å²) in [5.41, 5.74) is 2.98. The van der Waals surface area contributed by atoms with Gasteiger partial charge < -0.3 is 9.80 Å². The number of carbonyl (C=O) groups excluding carboxylic acids is 1. The van der Waals surface area contributed by atoms with Gasteiger partial charge in [0.05, 0.1) is 17.1 Å². The molecule has 0 bridgehead atoms. The Morgan fingerprint density at radius 3 is 2.23 bits per heavy atom. The Kier molecular flexibility index (Phi) is 6.04. The van der Waals surface area contributed by atoms with Gasteiger partial charge in [-0.05, 0) is 31.2 Å². The minimum Gasteiger partial charge on any atom is -0.333 e. The van der Waals surface area contributed by atoms with E-state index in [1.54, 1.807) is 4.57 Å². The predicted molar refractivity (Wildman–Crippen MR) is 119 cm³/mol. The number of amides is 1. The molecule has 2 heterocycles. The molecule has 6 heteroatoms. The maximum atomic E-state index is 13.2. The van der Waals surface area contributed by atoms with Crippen molar-refractivity contribution in [1.29, 1.82) is 0 Å². The summed E-state index contributed by atoms with van der Waals surface area (Å²) in [6.07, 6.45) is 1.22. The van der Waals surface area contributed by atoms with Gasteiger partial charge in [-0.1, -0.05) is 49.4 Å². The van der Waals surface area contributed by atoms with Crippen LogP contribution in [0.15, 0.2) is 59.4 Å². The molecular weight excluding hydrogens is 376 g/mol. The average molecular weight is 407 g/mol. The van der Waals surface area contributed by atoms with Crippen molar-refractivity contribution < 1.29 is 4.79 Å². The number of benzene rings is 2. The molecule has 1 fully saturated rings. The second kappa shape index (κ2) is 8.88. The van der Waals surface area contributed by atoms with Gasteiger partial charge in [0, 0.05) is 39.1 Å². The largest absolute Gasteiger partial charge is 0.333 e. The number of hydrogen-bond acceptors (Lipinski definition) is 3. The fourth-order valence-corrected chi connectivity index (χ4v) is 4.46. The van der Waals surface area contributed by atoms with Gasteiger partial charge in [-0.2, -0.15) is 0 Å². The third-order valence-corrected chi connectivity index (χ3v) is 6.01. The van der Waals surface area contributed by atoms with Crippen LogP contribution in [-0.2, 0) is 17.9 Å². The molecule has 0 spiro atoms. The maximum absolute atomic E-state index is 13.2. The monoisotopic (exact) mass is 406 g/mol. The number of rotatable bonds is 6. The highest BCUT2D eigenvalue weighted by atomic mass is 16.2. The Morgan fingerprint density at radius 1 is 0.933 bits per heavy atom. The lowest BCUT2D eigenvalue weighted by molar-refractivity contribution is -0.136. The number of nitrogens with zero attached hydrogens (tertiary/aromatic N) is 4. The van der Waals surface area contributed by atoms with Gasteiger partial charge in [0.1, 0.15) is 0 Å². The number of carbonyl (C=O) groups is 1. The average Bonchev–Trinajstić information content (AvgIpc) is 3.04. The first kappa shape index (κ1) is 20.4. The van der Waals surface area contributed by atoms with Gasteiger partial charge in [-0.3, -0.25) is 13.9 Å². The number of aryl methyl sites for hydroxylation is 2. The van der Waals surface area contributed by atoms with Crippen LogP contribution >= 0.6 is 0 Å². The minimum atomic E-state index is -0.0242. The van der Waals surface area contributed by atoms with Crippen molar-refractivity contribution in [3.05, 3.63) is 70.6 Å². The molecule has 1 atom stereocenters. The molecule has 6 nitrogen and oxygen atoms in total. The van der Waals surface area contributed by atoms with Crippen LogP contribution in [0.2, 0.25) is 0 Å². The number of piperazine rings is 1. The van der Waals surface area contributed by atoms with Crippen LogP contribution in [0.1, 0.15) is 31.4 Å². The highest BCUT2D eigenvalue weighted by molar-refractivity contribution is 5.78. The molecule has 3 aromatic rings. The Labute approximate surface area is 177 Å². The van der Waals surface area contributed by atoms with Crippen LogP contribution in [-0.4, -0.2) is 51.5 Å². The molecule has 1 amide bonds. The summed E-state index contributed by atoms with van der Waals surface area (Å²) in [4.78, 5) is 30.5. The lowest BCUT2D eigenvalue weighted by Gasteiger charge is -2.40. The Morgan fingerprint density at radius 2 is 1.57 bits per heavy atom. The zero-order valence-electron chi connectivity index (χ0n) is 17.8. The zero-order valence-corrected chi connectivity index (χ0v) is 17.8. The Hall–Kier alpha value is -2.86. The number of fused-ring (bicyclic) bond motifs is 1. The number of para-hydroxylation sites is 2. The van der Waals surface area contributed by atoms with Gasteiger partial charge in [0.15, 0.2) is 0 Å². The molecule has 4 rings (SSSR count). The van der Waals surface area contributed by atoms with Gasteiger partial charge in [0.2, 0.25) is 5.91 Å². The van der Waals surface area contributed by atoms with Crippen LogP contribution in [0.4, 0.5) is 0 Å². The van der Waals surface area contributed by atoms with E-state index in [1.807, 2.05) is 51.9 Å². The summed E-state index contributed by atoms with van der Waals surface area (Å²) in [6.45, 7) is 5.56. The van der Waals surface area contributed by atoms with E-state index in [1.165, 1.54) is 0 Å². The molecule has 30 heavy (non-hydrogen) atoms. The number of aromatic nitrogens is 2. The third kappa shape index (κ3) is 3.92. The lowest BCUT2D eigenvalue weighted by atomic mass is 10.0. The van der Waals surface area contributed by atoms with Crippen LogP contribution in [0.25, 0.3) is 11.0 Å². The van der Waals surface area contributed by atoms with Crippen LogP contribution in [0.3, 0.4) is 0 Å². The SMILES string of the molecule is CCCn1c(=O)n(CCC(=O)N2CCN(C)CC2c2ccccc2)c2ccccc21. The van der Waals surface area contributed by atoms with Crippen molar-refractivity contribution in [2.24, 2.45) is 0 Å². The second-order valence-corrected chi connectivity index (χ2v) is 8.10. The molecule has 0 N–H and O–H groups in total. The van der Waals surface area contributed by atoms with Crippen LogP contribution in [0.5, 0.6) is 0 Å². The van der Waals surface area contributed by atoms with Crippen molar-refractivity contribution in [3.63, 3.8) is 0 Å². The highest BCUT2D eigenvalue weighted by Gasteiger charge is 2.30. The second-order valence-electron chi connectivity index (χ2n) is 8.10. The first-order valence-corrected chi connectivity index (χ1v) is 10.8. The predicted octanol–water partition coefficient (Wildman–Crippen LogP) is 3.12. The molecule has 0 saturated carbocycles. The van der Waals surface area contributed by atoms with Crippen LogP contribution < -0.4 is 5.69 Å². The van der Waals surface area contributed by atoms with Gasteiger partial charge in [-0.15, -0.1) is 0 Å². The third-order valence-electron chi connectivity index (χ3n) is 6.01. The number of imidazole rings is 1. The zero-order chi connectivity index (χ0) is 21.1. The molecule has 1 aromatic heterocycles. The summed E-state index contributed by atoms with van der Waals surface area (Å²) >= 11 is 0. The molecule has 1 aliphatic heterocycles. The summed E-state index contributed by atoms with van der Waals surface area (Å²) in [5, 5.41) is 0. The van der Waals surface area contributed by atoms with Gasteiger partial charge in [0.25, 0.3) is 0 Å². The van der Waals surface area contributed by atoms with E-state index >= 15 is 0 Å². The van der Waals surface area contributed by atoms with Crippen molar-refractivity contribution in [2.45, 2.75) is 38.9 Å². The summed E-state index contributed by atoms with van der Waals surface area (Å²) in [7, 11) is 2.10. The Bertz CT molecular complexity index is 1070. The molecular formula is C24H30N4O2. The number of hydrogen-bond donors (Lipinski definition) is 0. The first-order chi connectivity index (χ1) is 14.6. The fraction of sp³-hybridized carbons (Fsp3) is 0.417. The topological polar surface area (TPSA) is 50.5 Å².